The topological polar surface area (TPSA) is 84.4 Å². The molecule has 0 radical (unpaired) electrons. The Labute approximate surface area is 98.5 Å². The first-order valence-corrected chi connectivity index (χ1v) is 5.96. The second-order valence-electron chi connectivity index (χ2n) is 4.34. The van der Waals surface area contributed by atoms with Gasteiger partial charge in [-0.3, -0.25) is 4.79 Å². The van der Waals surface area contributed by atoms with Gasteiger partial charge in [-0.25, -0.2) is 0 Å². The minimum atomic E-state index is -0.383. The van der Waals surface area contributed by atoms with Gasteiger partial charge in [-0.05, 0) is 46.4 Å². The van der Waals surface area contributed by atoms with Gasteiger partial charge in [0.15, 0.2) is 0 Å². The maximum Gasteiger partial charge on any atom is 0.236 e. The van der Waals surface area contributed by atoms with Crippen LogP contribution in [-0.2, 0) is 4.79 Å². The van der Waals surface area contributed by atoms with Gasteiger partial charge >= 0.3 is 0 Å². The van der Waals surface area contributed by atoms with Crippen LogP contribution in [0.2, 0.25) is 0 Å². The minimum absolute atomic E-state index is 0.0456. The van der Waals surface area contributed by atoms with Gasteiger partial charge in [0.25, 0.3) is 0 Å². The first kappa shape index (κ1) is 15.3. The summed E-state index contributed by atoms with van der Waals surface area (Å²) in [4.78, 5) is 13.6. The van der Waals surface area contributed by atoms with Crippen LogP contribution in [0.4, 0.5) is 0 Å². The van der Waals surface area contributed by atoms with Crippen molar-refractivity contribution in [2.45, 2.75) is 31.7 Å². The lowest BCUT2D eigenvalue weighted by Crippen LogP contribution is -2.41. The van der Waals surface area contributed by atoms with Crippen LogP contribution in [0.15, 0.2) is 0 Å². The summed E-state index contributed by atoms with van der Waals surface area (Å²) in [6.45, 7) is 2.33. The Kier molecular flexibility index (Phi) is 9.18. The summed E-state index contributed by atoms with van der Waals surface area (Å²) in [6.07, 6.45) is 3.52. The van der Waals surface area contributed by atoms with E-state index in [-0.39, 0.29) is 11.9 Å². The number of unbranched alkanes of at least 4 members (excludes halogenated alkanes) is 1. The maximum atomic E-state index is 11.5. The van der Waals surface area contributed by atoms with E-state index in [0.29, 0.717) is 13.1 Å². The molecule has 0 aromatic heterocycles. The lowest BCUT2D eigenvalue weighted by Gasteiger charge is -2.13. The number of nitrogens with zero attached hydrogens (tertiary/aromatic N) is 1. The zero-order valence-corrected chi connectivity index (χ0v) is 10.5. The third-order valence-corrected chi connectivity index (χ3v) is 2.39. The molecule has 5 N–H and O–H groups in total. The molecule has 96 valence electrons. The molecule has 0 rings (SSSR count). The van der Waals surface area contributed by atoms with Crippen LogP contribution in [-0.4, -0.2) is 50.6 Å². The van der Waals surface area contributed by atoms with E-state index in [1.54, 1.807) is 0 Å². The van der Waals surface area contributed by atoms with E-state index in [4.69, 9.17) is 11.5 Å². The zero-order chi connectivity index (χ0) is 12.4. The van der Waals surface area contributed by atoms with Crippen LogP contribution in [0.5, 0.6) is 0 Å². The number of nitrogens with one attached hydrogen (secondary N) is 1. The number of hydrogen-bond donors (Lipinski definition) is 3. The summed E-state index contributed by atoms with van der Waals surface area (Å²) in [6, 6.07) is -0.383. The van der Waals surface area contributed by atoms with Gasteiger partial charge in [0.05, 0.1) is 6.04 Å². The highest BCUT2D eigenvalue weighted by atomic mass is 16.2. The van der Waals surface area contributed by atoms with Crippen LogP contribution < -0.4 is 16.8 Å². The van der Waals surface area contributed by atoms with Crippen molar-refractivity contribution >= 4 is 5.91 Å². The minimum Gasteiger partial charge on any atom is -0.355 e. The van der Waals surface area contributed by atoms with Crippen molar-refractivity contribution in [1.82, 2.24) is 10.2 Å². The third kappa shape index (κ3) is 8.64. The van der Waals surface area contributed by atoms with Crippen LogP contribution >= 0.6 is 0 Å². The molecule has 0 spiro atoms. The summed E-state index contributed by atoms with van der Waals surface area (Å²) in [5.74, 6) is -0.0456. The lowest BCUT2D eigenvalue weighted by atomic mass is 10.1. The summed E-state index contributed by atoms with van der Waals surface area (Å²) in [7, 11) is 4.03. The molecule has 0 saturated carbocycles. The van der Waals surface area contributed by atoms with Crippen LogP contribution in [0.25, 0.3) is 0 Å². The van der Waals surface area contributed by atoms with Crippen LogP contribution in [0.1, 0.15) is 25.7 Å². The number of rotatable bonds is 9. The fourth-order valence-electron chi connectivity index (χ4n) is 1.38. The normalized spacial score (nSPS) is 12.8. The molecule has 5 nitrogen and oxygen atoms in total. The van der Waals surface area contributed by atoms with Gasteiger partial charge in [-0.15, -0.1) is 0 Å². The van der Waals surface area contributed by atoms with Crippen molar-refractivity contribution in [2.24, 2.45) is 11.5 Å². The van der Waals surface area contributed by atoms with Crippen molar-refractivity contribution in [3.05, 3.63) is 0 Å². The Morgan fingerprint density at radius 2 is 2.00 bits per heavy atom. The predicted molar refractivity (Wildman–Crippen MR) is 67.1 cm³/mol. The molecule has 0 aliphatic rings. The Morgan fingerprint density at radius 3 is 2.56 bits per heavy atom. The van der Waals surface area contributed by atoms with E-state index < -0.39 is 0 Å². The molecule has 0 saturated heterocycles. The summed E-state index contributed by atoms with van der Waals surface area (Å²) in [5, 5.41) is 2.84. The molecular weight excluding hydrogens is 204 g/mol. The molecule has 1 atom stereocenters. The average Bonchev–Trinajstić information content (AvgIpc) is 2.24. The van der Waals surface area contributed by atoms with Gasteiger partial charge in [0.2, 0.25) is 5.91 Å². The molecule has 1 unspecified atom stereocenters. The summed E-state index contributed by atoms with van der Waals surface area (Å²) < 4.78 is 0. The number of amides is 1. The van der Waals surface area contributed by atoms with E-state index in [9.17, 15) is 4.79 Å². The summed E-state index contributed by atoms with van der Waals surface area (Å²) >= 11 is 0. The van der Waals surface area contributed by atoms with Gasteiger partial charge in [0.1, 0.15) is 0 Å². The van der Waals surface area contributed by atoms with Gasteiger partial charge in [0, 0.05) is 6.54 Å². The van der Waals surface area contributed by atoms with E-state index in [0.717, 1.165) is 32.2 Å². The number of carbonyl (C=O) groups excluding carboxylic acids is 1. The quantitative estimate of drug-likeness (QED) is 0.467. The Morgan fingerprint density at radius 1 is 1.31 bits per heavy atom. The maximum absolute atomic E-state index is 11.5. The van der Waals surface area contributed by atoms with Gasteiger partial charge < -0.3 is 21.7 Å². The molecular formula is C11H26N4O. The van der Waals surface area contributed by atoms with E-state index in [1.165, 1.54) is 0 Å². The van der Waals surface area contributed by atoms with Crippen molar-refractivity contribution in [1.29, 1.82) is 0 Å². The Hall–Kier alpha value is -0.650. The molecule has 1 amide bonds. The Bertz CT molecular complexity index is 185. The third-order valence-electron chi connectivity index (χ3n) is 2.39. The first-order valence-electron chi connectivity index (χ1n) is 5.96. The van der Waals surface area contributed by atoms with E-state index in [1.807, 2.05) is 14.1 Å². The molecule has 0 fully saturated rings. The predicted octanol–water partition coefficient (Wildman–Crippen LogP) is -0.489. The molecule has 0 aromatic carbocycles. The first-order chi connectivity index (χ1) is 7.57. The Balaban J connectivity index is 3.47. The zero-order valence-electron chi connectivity index (χ0n) is 10.5. The lowest BCUT2D eigenvalue weighted by molar-refractivity contribution is -0.122. The fraction of sp³-hybridized carbons (Fsp3) is 0.909. The second-order valence-corrected chi connectivity index (χ2v) is 4.34. The molecule has 16 heavy (non-hydrogen) atoms. The SMILES string of the molecule is CN(C)CCCNC(=O)C(N)CCCCN. The average molecular weight is 230 g/mol. The molecule has 5 heteroatoms. The monoisotopic (exact) mass is 230 g/mol. The highest BCUT2D eigenvalue weighted by Gasteiger charge is 2.11. The van der Waals surface area contributed by atoms with E-state index >= 15 is 0 Å². The van der Waals surface area contributed by atoms with Gasteiger partial charge in [-0.2, -0.15) is 0 Å². The van der Waals surface area contributed by atoms with E-state index in [2.05, 4.69) is 10.2 Å². The standard InChI is InChI=1S/C11H26N4O/c1-15(2)9-5-8-14-11(16)10(13)6-3-4-7-12/h10H,3-9,12-13H2,1-2H3,(H,14,16). The van der Waals surface area contributed by atoms with Crippen molar-refractivity contribution < 1.29 is 4.79 Å². The highest BCUT2D eigenvalue weighted by Crippen LogP contribution is 1.97. The summed E-state index contributed by atoms with van der Waals surface area (Å²) in [5.41, 5.74) is 11.1. The van der Waals surface area contributed by atoms with Crippen molar-refractivity contribution in [3.8, 4) is 0 Å². The molecule has 0 heterocycles. The number of carbonyl (C=O) groups is 1. The fourth-order valence-corrected chi connectivity index (χ4v) is 1.38. The smallest absolute Gasteiger partial charge is 0.236 e. The highest BCUT2D eigenvalue weighted by molar-refractivity contribution is 5.81. The van der Waals surface area contributed by atoms with Crippen LogP contribution in [0, 0.1) is 0 Å². The van der Waals surface area contributed by atoms with Gasteiger partial charge in [-0.1, -0.05) is 6.42 Å². The second kappa shape index (κ2) is 9.57. The molecule has 0 aromatic rings. The van der Waals surface area contributed by atoms with Crippen LogP contribution in [0.3, 0.4) is 0 Å². The van der Waals surface area contributed by atoms with Crippen molar-refractivity contribution in [3.63, 3.8) is 0 Å². The van der Waals surface area contributed by atoms with Crippen molar-refractivity contribution in [2.75, 3.05) is 33.7 Å². The molecule has 0 aliphatic carbocycles. The number of nitrogens with two attached hydrogens (primary N) is 2. The largest absolute Gasteiger partial charge is 0.355 e. The molecule has 0 bridgehead atoms. The number of hydrogen-bond acceptors (Lipinski definition) is 4. The molecule has 0 aliphatic heterocycles.